The molecule has 0 fully saturated rings. The number of halogens is 1. The highest BCUT2D eigenvalue weighted by atomic mass is 35.5. The topological polar surface area (TPSA) is 49.4 Å². The molecule has 0 aliphatic carbocycles. The van der Waals surface area contributed by atoms with Gasteiger partial charge in [-0.25, -0.2) is 0 Å². The molecule has 178 valence electrons. The molecule has 3 aromatic carbocycles. The fraction of sp³-hybridized carbons (Fsp3) is 0.310. The molecule has 0 saturated carbocycles. The van der Waals surface area contributed by atoms with Crippen molar-refractivity contribution >= 4 is 23.4 Å². The molecule has 4 nitrogen and oxygen atoms in total. The highest BCUT2D eigenvalue weighted by molar-refractivity contribution is 6.30. The lowest BCUT2D eigenvalue weighted by Gasteiger charge is -2.34. The molecule has 0 heterocycles. The van der Waals surface area contributed by atoms with E-state index in [1.807, 2.05) is 100 Å². The molecular weight excluding hydrogens is 444 g/mol. The molecule has 5 heteroatoms. The number of carbonyl (C=O) groups excluding carboxylic acids is 2. The van der Waals surface area contributed by atoms with Gasteiger partial charge in [0.1, 0.15) is 6.04 Å². The maximum atomic E-state index is 13.8. The van der Waals surface area contributed by atoms with E-state index in [4.69, 9.17) is 11.6 Å². The molecule has 0 aliphatic rings. The van der Waals surface area contributed by atoms with Crippen LogP contribution in [0.2, 0.25) is 5.02 Å². The summed E-state index contributed by atoms with van der Waals surface area (Å²) in [4.78, 5) is 29.0. The first-order valence-corrected chi connectivity index (χ1v) is 11.9. The fourth-order valence-corrected chi connectivity index (χ4v) is 4.12. The highest BCUT2D eigenvalue weighted by Crippen LogP contribution is 2.20. The van der Waals surface area contributed by atoms with Gasteiger partial charge in [-0.2, -0.15) is 0 Å². The van der Waals surface area contributed by atoms with Crippen LogP contribution >= 0.6 is 11.6 Å². The van der Waals surface area contributed by atoms with Gasteiger partial charge in [0.2, 0.25) is 11.8 Å². The average molecular weight is 477 g/mol. The summed E-state index contributed by atoms with van der Waals surface area (Å²) in [5.74, 6) is -0.268. The average Bonchev–Trinajstić information content (AvgIpc) is 2.77. The molecular formula is C29H33ClN2O2. The SMILES string of the molecule is Cc1ccccc1CC(=O)N(Cc1cccc(Cl)c1)[C@H](Cc1ccccc1)C(=O)NC(C)(C)C. The number of benzene rings is 3. The number of nitrogens with zero attached hydrogens (tertiary/aromatic N) is 1. The van der Waals surface area contributed by atoms with Gasteiger partial charge in [-0.3, -0.25) is 9.59 Å². The van der Waals surface area contributed by atoms with Gasteiger partial charge in [-0.1, -0.05) is 78.3 Å². The maximum absolute atomic E-state index is 13.8. The Kier molecular flexibility index (Phi) is 8.51. The molecule has 0 bridgehead atoms. The lowest BCUT2D eigenvalue weighted by Crippen LogP contribution is -2.54. The van der Waals surface area contributed by atoms with Gasteiger partial charge in [0.25, 0.3) is 0 Å². The van der Waals surface area contributed by atoms with Crippen molar-refractivity contribution in [2.75, 3.05) is 0 Å². The fourth-order valence-electron chi connectivity index (χ4n) is 3.91. The molecule has 0 radical (unpaired) electrons. The summed E-state index contributed by atoms with van der Waals surface area (Å²) in [5, 5.41) is 3.69. The standard InChI is InChI=1S/C29H33ClN2O2/c1-21-11-8-9-15-24(21)19-27(33)32(20-23-14-10-16-25(30)17-23)26(28(34)31-29(2,3)4)18-22-12-6-5-7-13-22/h5-17,26H,18-20H2,1-4H3,(H,31,34)/t26-/m1/s1. The maximum Gasteiger partial charge on any atom is 0.243 e. The molecule has 0 spiro atoms. The minimum atomic E-state index is -0.669. The molecule has 0 aromatic heterocycles. The summed E-state index contributed by atoms with van der Waals surface area (Å²) in [6.07, 6.45) is 0.643. The van der Waals surface area contributed by atoms with Crippen LogP contribution in [0.25, 0.3) is 0 Å². The predicted octanol–water partition coefficient (Wildman–Crippen LogP) is 5.75. The van der Waals surface area contributed by atoms with Crippen molar-refractivity contribution in [2.24, 2.45) is 0 Å². The largest absolute Gasteiger partial charge is 0.350 e. The molecule has 34 heavy (non-hydrogen) atoms. The number of aryl methyl sites for hydroxylation is 1. The molecule has 1 atom stereocenters. The first kappa shape index (κ1) is 25.5. The molecule has 1 N–H and O–H groups in total. The van der Waals surface area contributed by atoms with Crippen LogP contribution in [-0.2, 0) is 29.0 Å². The van der Waals surface area contributed by atoms with Crippen molar-refractivity contribution in [2.45, 2.75) is 58.7 Å². The second-order valence-electron chi connectivity index (χ2n) is 9.70. The monoisotopic (exact) mass is 476 g/mol. The van der Waals surface area contributed by atoms with E-state index in [2.05, 4.69) is 5.32 Å². The van der Waals surface area contributed by atoms with Crippen LogP contribution in [0.4, 0.5) is 0 Å². The minimum absolute atomic E-state index is 0.0979. The summed E-state index contributed by atoms with van der Waals surface area (Å²) in [6.45, 7) is 8.13. The number of rotatable bonds is 8. The molecule has 0 aliphatic heterocycles. The van der Waals surface area contributed by atoms with Crippen molar-refractivity contribution in [1.82, 2.24) is 10.2 Å². The Hall–Kier alpha value is -3.11. The van der Waals surface area contributed by atoms with Gasteiger partial charge in [0.15, 0.2) is 0 Å². The molecule has 0 saturated heterocycles. The Morgan fingerprint density at radius 2 is 1.56 bits per heavy atom. The zero-order chi connectivity index (χ0) is 24.7. The smallest absolute Gasteiger partial charge is 0.243 e. The molecule has 3 aromatic rings. The Morgan fingerprint density at radius 1 is 0.912 bits per heavy atom. The molecule has 2 amide bonds. The van der Waals surface area contributed by atoms with Gasteiger partial charge in [0, 0.05) is 23.5 Å². The van der Waals surface area contributed by atoms with Gasteiger partial charge in [-0.05, 0) is 62.1 Å². The lowest BCUT2D eigenvalue weighted by atomic mass is 9.99. The van der Waals surface area contributed by atoms with E-state index >= 15 is 0 Å². The van der Waals surface area contributed by atoms with Crippen molar-refractivity contribution in [3.8, 4) is 0 Å². The third kappa shape index (κ3) is 7.46. The Balaban J connectivity index is 2.00. The second-order valence-corrected chi connectivity index (χ2v) is 10.1. The Bertz CT molecular complexity index is 1120. The summed E-state index contributed by atoms with van der Waals surface area (Å²) in [6, 6.07) is 24.4. The first-order chi connectivity index (χ1) is 16.1. The third-order valence-electron chi connectivity index (χ3n) is 5.61. The van der Waals surface area contributed by atoms with Crippen molar-refractivity contribution in [3.63, 3.8) is 0 Å². The zero-order valence-electron chi connectivity index (χ0n) is 20.3. The zero-order valence-corrected chi connectivity index (χ0v) is 21.1. The van der Waals surface area contributed by atoms with Gasteiger partial charge >= 0.3 is 0 Å². The highest BCUT2D eigenvalue weighted by Gasteiger charge is 2.32. The summed E-state index contributed by atoms with van der Waals surface area (Å²) < 4.78 is 0. The van der Waals surface area contributed by atoms with Crippen LogP contribution in [0.15, 0.2) is 78.9 Å². The van der Waals surface area contributed by atoms with E-state index < -0.39 is 11.6 Å². The van der Waals surface area contributed by atoms with E-state index in [0.717, 1.165) is 22.3 Å². The number of hydrogen-bond acceptors (Lipinski definition) is 2. The normalized spacial score (nSPS) is 12.1. The minimum Gasteiger partial charge on any atom is -0.350 e. The number of hydrogen-bond donors (Lipinski definition) is 1. The number of amides is 2. The van der Waals surface area contributed by atoms with E-state index in [-0.39, 0.29) is 18.2 Å². The molecule has 3 rings (SSSR count). The lowest BCUT2D eigenvalue weighted by molar-refractivity contribution is -0.141. The number of carbonyl (C=O) groups is 2. The van der Waals surface area contributed by atoms with Crippen LogP contribution in [-0.4, -0.2) is 28.3 Å². The van der Waals surface area contributed by atoms with E-state index in [0.29, 0.717) is 18.0 Å². The van der Waals surface area contributed by atoms with Crippen LogP contribution < -0.4 is 5.32 Å². The summed E-state index contributed by atoms with van der Waals surface area (Å²) >= 11 is 6.23. The quantitative estimate of drug-likeness (QED) is 0.450. The van der Waals surface area contributed by atoms with Crippen LogP contribution in [0.3, 0.4) is 0 Å². The summed E-state index contributed by atoms with van der Waals surface area (Å²) in [5.41, 5.74) is 3.46. The second kappa shape index (κ2) is 11.3. The Morgan fingerprint density at radius 3 is 2.21 bits per heavy atom. The third-order valence-corrected chi connectivity index (χ3v) is 5.85. The predicted molar refractivity (Wildman–Crippen MR) is 139 cm³/mol. The van der Waals surface area contributed by atoms with E-state index in [1.165, 1.54) is 0 Å². The van der Waals surface area contributed by atoms with E-state index in [9.17, 15) is 9.59 Å². The Labute approximate surface area is 207 Å². The van der Waals surface area contributed by atoms with Crippen LogP contribution in [0, 0.1) is 6.92 Å². The van der Waals surface area contributed by atoms with Gasteiger partial charge in [0.05, 0.1) is 6.42 Å². The van der Waals surface area contributed by atoms with Gasteiger partial charge < -0.3 is 10.2 Å². The van der Waals surface area contributed by atoms with Crippen molar-refractivity contribution in [3.05, 3.63) is 106 Å². The number of nitrogens with one attached hydrogen (secondary N) is 1. The molecule has 0 unspecified atom stereocenters. The van der Waals surface area contributed by atoms with Gasteiger partial charge in [-0.15, -0.1) is 0 Å². The van der Waals surface area contributed by atoms with Crippen molar-refractivity contribution in [1.29, 1.82) is 0 Å². The van der Waals surface area contributed by atoms with Crippen LogP contribution in [0.5, 0.6) is 0 Å². The van der Waals surface area contributed by atoms with E-state index in [1.54, 1.807) is 11.0 Å². The first-order valence-electron chi connectivity index (χ1n) is 11.6. The summed E-state index contributed by atoms with van der Waals surface area (Å²) in [7, 11) is 0. The van der Waals surface area contributed by atoms with Crippen LogP contribution in [0.1, 0.15) is 43.0 Å². The van der Waals surface area contributed by atoms with Crippen molar-refractivity contribution < 1.29 is 9.59 Å².